The molecule has 1 fully saturated rings. The number of hydrogen-bond acceptors (Lipinski definition) is 4. The van der Waals surface area contributed by atoms with Gasteiger partial charge in [-0.05, 0) is 44.7 Å². The lowest BCUT2D eigenvalue weighted by atomic mass is 10.1. The summed E-state index contributed by atoms with van der Waals surface area (Å²) in [5.74, 6) is -0.367. The number of benzene rings is 1. The van der Waals surface area contributed by atoms with E-state index < -0.39 is 10.0 Å². The van der Waals surface area contributed by atoms with Gasteiger partial charge in [0.1, 0.15) is 0 Å². The summed E-state index contributed by atoms with van der Waals surface area (Å²) in [6.45, 7) is 5.45. The number of aromatic nitrogens is 2. The third-order valence-electron chi connectivity index (χ3n) is 4.66. The summed E-state index contributed by atoms with van der Waals surface area (Å²) in [4.78, 5) is 12.7. The van der Waals surface area contributed by atoms with E-state index in [1.807, 2.05) is 19.1 Å². The zero-order chi connectivity index (χ0) is 18.9. The zero-order valence-electron chi connectivity index (χ0n) is 15.2. The lowest BCUT2D eigenvalue weighted by Gasteiger charge is -2.14. The number of nitrogens with one attached hydrogen (secondary N) is 3. The molecule has 0 atom stereocenters. The third kappa shape index (κ3) is 3.75. The molecule has 1 aromatic carbocycles. The van der Waals surface area contributed by atoms with Crippen LogP contribution in [0.1, 0.15) is 52.9 Å². The lowest BCUT2D eigenvalue weighted by molar-refractivity contribution is 0.0933. The van der Waals surface area contributed by atoms with Crippen LogP contribution in [0, 0.1) is 20.8 Å². The summed E-state index contributed by atoms with van der Waals surface area (Å²) < 4.78 is 28.3. The Balaban J connectivity index is 1.85. The highest BCUT2D eigenvalue weighted by molar-refractivity contribution is 7.92. The number of anilines is 1. The van der Waals surface area contributed by atoms with Crippen LogP contribution >= 0.6 is 0 Å². The van der Waals surface area contributed by atoms with E-state index in [2.05, 4.69) is 20.2 Å². The number of amides is 1. The van der Waals surface area contributed by atoms with E-state index in [-0.39, 0.29) is 28.2 Å². The van der Waals surface area contributed by atoms with Crippen molar-refractivity contribution in [2.75, 3.05) is 4.72 Å². The van der Waals surface area contributed by atoms with Crippen molar-refractivity contribution < 1.29 is 13.2 Å². The minimum atomic E-state index is -3.83. The van der Waals surface area contributed by atoms with Crippen molar-refractivity contribution in [1.82, 2.24) is 15.5 Å². The van der Waals surface area contributed by atoms with Crippen LogP contribution in [0.15, 0.2) is 23.2 Å². The largest absolute Gasteiger partial charge is 0.348 e. The Morgan fingerprint density at radius 1 is 1.15 bits per heavy atom. The molecule has 3 N–H and O–H groups in total. The number of hydrogen-bond donors (Lipinski definition) is 3. The molecule has 140 valence electrons. The summed E-state index contributed by atoms with van der Waals surface area (Å²) in [5.41, 5.74) is 2.53. The van der Waals surface area contributed by atoms with Crippen LogP contribution < -0.4 is 10.0 Å². The fourth-order valence-electron chi connectivity index (χ4n) is 3.65. The topological polar surface area (TPSA) is 104 Å². The van der Waals surface area contributed by atoms with Crippen molar-refractivity contribution in [3.05, 3.63) is 40.7 Å². The molecule has 26 heavy (non-hydrogen) atoms. The Labute approximate surface area is 153 Å². The SMILES string of the molecule is Cc1cc(C)c(S(=O)(=O)Nc2c[nH]nc2C(=O)NC2CCCC2)c(C)c1. The van der Waals surface area contributed by atoms with Gasteiger partial charge >= 0.3 is 0 Å². The molecule has 7 nitrogen and oxygen atoms in total. The number of carbonyl (C=O) groups excluding carboxylic acids is 1. The minimum Gasteiger partial charge on any atom is -0.348 e. The lowest BCUT2D eigenvalue weighted by Crippen LogP contribution is -2.33. The molecule has 0 saturated heterocycles. The van der Waals surface area contributed by atoms with E-state index in [0.29, 0.717) is 11.1 Å². The highest BCUT2D eigenvalue weighted by Gasteiger charge is 2.25. The molecule has 1 amide bonds. The molecule has 8 heteroatoms. The van der Waals surface area contributed by atoms with Crippen LogP contribution in [-0.2, 0) is 10.0 Å². The van der Waals surface area contributed by atoms with Crippen LogP contribution in [0.2, 0.25) is 0 Å². The van der Waals surface area contributed by atoms with E-state index in [4.69, 9.17) is 0 Å². The van der Waals surface area contributed by atoms with Gasteiger partial charge in [0.05, 0.1) is 10.6 Å². The molecular formula is C18H24N4O3S. The van der Waals surface area contributed by atoms with Gasteiger partial charge in [-0.3, -0.25) is 14.6 Å². The third-order valence-corrected chi connectivity index (χ3v) is 6.33. The van der Waals surface area contributed by atoms with E-state index in [9.17, 15) is 13.2 Å². The van der Waals surface area contributed by atoms with E-state index >= 15 is 0 Å². The molecule has 1 saturated carbocycles. The van der Waals surface area contributed by atoms with E-state index in [1.165, 1.54) is 6.20 Å². The Morgan fingerprint density at radius 2 is 1.77 bits per heavy atom. The maximum Gasteiger partial charge on any atom is 0.274 e. The van der Waals surface area contributed by atoms with Crippen LogP contribution in [0.5, 0.6) is 0 Å². The molecule has 0 aliphatic heterocycles. The molecule has 3 rings (SSSR count). The van der Waals surface area contributed by atoms with Gasteiger partial charge < -0.3 is 5.32 Å². The standard InChI is InChI=1S/C18H24N4O3S/c1-11-8-12(2)17(13(3)9-11)26(24,25)22-15-10-19-21-16(15)18(23)20-14-6-4-5-7-14/h8-10,14,22H,4-7H2,1-3H3,(H,19,21)(H,20,23). The second-order valence-electron chi connectivity index (χ2n) is 6.94. The van der Waals surface area contributed by atoms with Crippen molar-refractivity contribution in [2.24, 2.45) is 0 Å². The van der Waals surface area contributed by atoms with Gasteiger partial charge in [0, 0.05) is 12.2 Å². The Kier molecular flexibility index (Phi) is 5.04. The highest BCUT2D eigenvalue weighted by Crippen LogP contribution is 2.25. The van der Waals surface area contributed by atoms with Gasteiger partial charge in [0.25, 0.3) is 15.9 Å². The highest BCUT2D eigenvalue weighted by atomic mass is 32.2. The number of carbonyl (C=O) groups is 1. The van der Waals surface area contributed by atoms with Crippen LogP contribution in [0.25, 0.3) is 0 Å². The van der Waals surface area contributed by atoms with Crippen molar-refractivity contribution in [2.45, 2.75) is 57.4 Å². The van der Waals surface area contributed by atoms with Crippen molar-refractivity contribution in [1.29, 1.82) is 0 Å². The first-order chi connectivity index (χ1) is 12.3. The van der Waals surface area contributed by atoms with Gasteiger partial charge in [0.2, 0.25) is 0 Å². The predicted octanol–water partition coefficient (Wildman–Crippen LogP) is 2.81. The molecule has 1 aliphatic carbocycles. The summed E-state index contributed by atoms with van der Waals surface area (Å²) in [5, 5.41) is 9.43. The van der Waals surface area contributed by atoms with Gasteiger partial charge in [-0.1, -0.05) is 30.5 Å². The zero-order valence-corrected chi connectivity index (χ0v) is 16.0. The first-order valence-electron chi connectivity index (χ1n) is 8.73. The van der Waals surface area contributed by atoms with Gasteiger partial charge in [-0.2, -0.15) is 5.10 Å². The molecule has 0 radical (unpaired) electrons. The van der Waals surface area contributed by atoms with E-state index in [1.54, 1.807) is 13.8 Å². The quantitative estimate of drug-likeness (QED) is 0.746. The number of H-pyrrole nitrogens is 1. The molecular weight excluding hydrogens is 352 g/mol. The number of sulfonamides is 1. The normalized spacial score (nSPS) is 15.2. The first-order valence-corrected chi connectivity index (χ1v) is 10.2. The maximum atomic E-state index is 12.9. The molecule has 1 heterocycles. The Bertz CT molecular complexity index is 905. The molecule has 0 bridgehead atoms. The number of aryl methyl sites for hydroxylation is 3. The van der Waals surface area contributed by atoms with E-state index in [0.717, 1.165) is 31.2 Å². The fraction of sp³-hybridized carbons (Fsp3) is 0.444. The van der Waals surface area contributed by atoms with Crippen molar-refractivity contribution in [3.63, 3.8) is 0 Å². The summed E-state index contributed by atoms with van der Waals surface area (Å²) >= 11 is 0. The van der Waals surface area contributed by atoms with Crippen molar-refractivity contribution >= 4 is 21.6 Å². The fourth-order valence-corrected chi connectivity index (χ4v) is 5.16. The average Bonchev–Trinajstić information content (AvgIpc) is 3.16. The smallest absolute Gasteiger partial charge is 0.274 e. The minimum absolute atomic E-state index is 0.0582. The summed E-state index contributed by atoms with van der Waals surface area (Å²) in [6.07, 6.45) is 5.46. The maximum absolute atomic E-state index is 12.9. The number of rotatable bonds is 5. The Hall–Kier alpha value is -2.35. The van der Waals surface area contributed by atoms with Crippen LogP contribution in [-0.4, -0.2) is 30.6 Å². The van der Waals surface area contributed by atoms with Gasteiger partial charge in [0.15, 0.2) is 5.69 Å². The molecule has 1 aromatic heterocycles. The first kappa shape index (κ1) is 18.4. The monoisotopic (exact) mass is 376 g/mol. The predicted molar refractivity (Wildman–Crippen MR) is 99.8 cm³/mol. The summed E-state index contributed by atoms with van der Waals surface area (Å²) in [6, 6.07) is 3.78. The molecule has 1 aliphatic rings. The van der Waals surface area contributed by atoms with Crippen LogP contribution in [0.3, 0.4) is 0 Å². The molecule has 0 unspecified atom stereocenters. The second-order valence-corrected chi connectivity index (χ2v) is 8.55. The number of nitrogens with zero attached hydrogens (tertiary/aromatic N) is 1. The molecule has 0 spiro atoms. The molecule has 2 aromatic rings. The Morgan fingerprint density at radius 3 is 2.38 bits per heavy atom. The summed E-state index contributed by atoms with van der Waals surface area (Å²) in [7, 11) is -3.83. The van der Waals surface area contributed by atoms with Crippen LogP contribution in [0.4, 0.5) is 5.69 Å². The number of aromatic amines is 1. The van der Waals surface area contributed by atoms with Gasteiger partial charge in [-0.25, -0.2) is 8.42 Å². The second kappa shape index (κ2) is 7.11. The average molecular weight is 376 g/mol. The van der Waals surface area contributed by atoms with Gasteiger partial charge in [-0.15, -0.1) is 0 Å². The van der Waals surface area contributed by atoms with Crippen molar-refractivity contribution in [3.8, 4) is 0 Å².